The fourth-order valence-electron chi connectivity index (χ4n) is 5.13. The fraction of sp³-hybridized carbons (Fsp3) is 0.233. The van der Waals surface area contributed by atoms with Crippen LogP contribution >= 0.6 is 0 Å². The zero-order valence-corrected chi connectivity index (χ0v) is 23.4. The third-order valence-corrected chi connectivity index (χ3v) is 8.74. The van der Waals surface area contributed by atoms with Crippen LogP contribution < -0.4 is 15.5 Å². The van der Waals surface area contributed by atoms with Crippen molar-refractivity contribution in [3.05, 3.63) is 90.4 Å². The molecule has 0 atom stereocenters. The van der Waals surface area contributed by atoms with Crippen LogP contribution in [-0.2, 0) is 21.2 Å². The standard InChI is InChI=1S/C30H30N6O4S/c1-21-15-28(34-40-21)33-30(37)20-41(38,39)27-19-36(26-8-3-2-7-25(26)27)18-22-5-4-6-23(16-22)24-9-10-29(32-17-24)35-13-11-31-12-14-35/h2-10,15-17,19,31H,11-14,18,20H2,1H3,(H,33,34,37). The molecule has 1 aliphatic rings. The highest BCUT2D eigenvalue weighted by molar-refractivity contribution is 7.92. The van der Waals surface area contributed by atoms with Gasteiger partial charge in [0.1, 0.15) is 17.3 Å². The summed E-state index contributed by atoms with van der Waals surface area (Å²) in [6, 6.07) is 21.1. The van der Waals surface area contributed by atoms with Crippen molar-refractivity contribution in [3.63, 3.8) is 0 Å². The van der Waals surface area contributed by atoms with Crippen molar-refractivity contribution in [1.29, 1.82) is 0 Å². The number of piperazine rings is 1. The quantitative estimate of drug-likeness (QED) is 0.288. The molecule has 5 aromatic rings. The van der Waals surface area contributed by atoms with Crippen molar-refractivity contribution in [1.82, 2.24) is 20.0 Å². The Bertz CT molecular complexity index is 1800. The highest BCUT2D eigenvalue weighted by atomic mass is 32.2. The van der Waals surface area contributed by atoms with E-state index in [0.717, 1.165) is 54.2 Å². The predicted molar refractivity (Wildman–Crippen MR) is 158 cm³/mol. The molecule has 0 saturated carbocycles. The van der Waals surface area contributed by atoms with Gasteiger partial charge in [-0.15, -0.1) is 0 Å². The van der Waals surface area contributed by atoms with Crippen LogP contribution in [0.15, 0.2) is 88.5 Å². The molecule has 0 aliphatic carbocycles. The van der Waals surface area contributed by atoms with Crippen LogP contribution in [0.2, 0.25) is 0 Å². The number of carbonyl (C=O) groups is 1. The van der Waals surface area contributed by atoms with E-state index in [4.69, 9.17) is 9.51 Å². The van der Waals surface area contributed by atoms with Gasteiger partial charge in [0.2, 0.25) is 5.91 Å². The molecule has 2 aromatic carbocycles. The van der Waals surface area contributed by atoms with E-state index in [1.54, 1.807) is 25.3 Å². The normalized spacial score (nSPS) is 13.9. The highest BCUT2D eigenvalue weighted by Gasteiger charge is 2.25. The van der Waals surface area contributed by atoms with Crippen LogP contribution in [-0.4, -0.2) is 61.0 Å². The average molecular weight is 571 g/mol. The number of pyridine rings is 1. The molecule has 10 nitrogen and oxygen atoms in total. The summed E-state index contributed by atoms with van der Waals surface area (Å²) in [4.78, 5) is 19.6. The maximum absolute atomic E-state index is 13.4. The van der Waals surface area contributed by atoms with Crippen LogP contribution in [0.3, 0.4) is 0 Å². The minimum Gasteiger partial charge on any atom is -0.360 e. The SMILES string of the molecule is Cc1cc(NC(=O)CS(=O)(=O)c2cn(Cc3cccc(-c4ccc(N5CCNCC5)nc4)c3)c3ccccc23)no1. The number of aromatic nitrogens is 3. The molecule has 1 fully saturated rings. The van der Waals surface area contributed by atoms with Gasteiger partial charge in [-0.3, -0.25) is 4.79 Å². The van der Waals surface area contributed by atoms with Gasteiger partial charge in [0, 0.05) is 67.7 Å². The van der Waals surface area contributed by atoms with Crippen molar-refractivity contribution >= 4 is 38.3 Å². The number of hydrogen-bond acceptors (Lipinski definition) is 8. The van der Waals surface area contributed by atoms with Crippen LogP contribution in [0.1, 0.15) is 11.3 Å². The van der Waals surface area contributed by atoms with E-state index in [1.165, 1.54) is 6.07 Å². The lowest BCUT2D eigenvalue weighted by atomic mass is 10.0. The number of hydrogen-bond donors (Lipinski definition) is 2. The van der Waals surface area contributed by atoms with E-state index in [-0.39, 0.29) is 10.7 Å². The molecule has 0 radical (unpaired) electrons. The Morgan fingerprint density at radius 2 is 1.85 bits per heavy atom. The molecule has 41 heavy (non-hydrogen) atoms. The van der Waals surface area contributed by atoms with Crippen LogP contribution in [0, 0.1) is 6.92 Å². The molecule has 2 N–H and O–H groups in total. The largest absolute Gasteiger partial charge is 0.360 e. The van der Waals surface area contributed by atoms with Gasteiger partial charge in [0.25, 0.3) is 0 Å². The van der Waals surface area contributed by atoms with Gasteiger partial charge >= 0.3 is 0 Å². The van der Waals surface area contributed by atoms with Crippen molar-refractivity contribution < 1.29 is 17.7 Å². The molecule has 210 valence electrons. The van der Waals surface area contributed by atoms with Gasteiger partial charge in [0.15, 0.2) is 15.7 Å². The van der Waals surface area contributed by atoms with E-state index in [2.05, 4.69) is 38.9 Å². The Hall–Kier alpha value is -4.48. The number of sulfone groups is 1. The highest BCUT2D eigenvalue weighted by Crippen LogP contribution is 2.28. The zero-order valence-electron chi connectivity index (χ0n) is 22.6. The number of rotatable bonds is 8. The molecule has 1 aliphatic heterocycles. The van der Waals surface area contributed by atoms with E-state index in [0.29, 0.717) is 17.7 Å². The van der Waals surface area contributed by atoms with Gasteiger partial charge in [-0.25, -0.2) is 13.4 Å². The van der Waals surface area contributed by atoms with E-state index >= 15 is 0 Å². The second kappa shape index (κ2) is 11.2. The molecule has 4 heterocycles. The van der Waals surface area contributed by atoms with Crippen LogP contribution in [0.25, 0.3) is 22.0 Å². The summed E-state index contributed by atoms with van der Waals surface area (Å²) >= 11 is 0. The van der Waals surface area contributed by atoms with E-state index in [9.17, 15) is 13.2 Å². The van der Waals surface area contributed by atoms with Crippen LogP contribution in [0.5, 0.6) is 0 Å². The number of carbonyl (C=O) groups excluding carboxylic acids is 1. The van der Waals surface area contributed by atoms with Gasteiger partial charge in [-0.2, -0.15) is 0 Å². The first-order chi connectivity index (χ1) is 19.9. The fourth-order valence-corrected chi connectivity index (χ4v) is 6.50. The van der Waals surface area contributed by atoms with Crippen molar-refractivity contribution in [2.45, 2.75) is 18.4 Å². The van der Waals surface area contributed by atoms with Gasteiger partial charge < -0.3 is 24.6 Å². The number of fused-ring (bicyclic) bond motifs is 1. The minimum atomic E-state index is -3.94. The summed E-state index contributed by atoms with van der Waals surface area (Å²) < 4.78 is 33.6. The van der Waals surface area contributed by atoms with Crippen molar-refractivity contribution in [2.24, 2.45) is 0 Å². The lowest BCUT2D eigenvalue weighted by Crippen LogP contribution is -2.43. The number of para-hydroxylation sites is 1. The molecule has 3 aromatic heterocycles. The molecular formula is C30H30N6O4S. The van der Waals surface area contributed by atoms with Crippen LogP contribution in [0.4, 0.5) is 11.6 Å². The maximum atomic E-state index is 13.4. The second-order valence-electron chi connectivity index (χ2n) is 10.1. The van der Waals surface area contributed by atoms with Gasteiger partial charge in [0.05, 0.1) is 4.90 Å². The lowest BCUT2D eigenvalue weighted by Gasteiger charge is -2.28. The maximum Gasteiger partial charge on any atom is 0.241 e. The summed E-state index contributed by atoms with van der Waals surface area (Å²) in [5.41, 5.74) is 3.83. The molecule has 0 unspecified atom stereocenters. The molecule has 11 heteroatoms. The average Bonchev–Trinajstić information content (AvgIpc) is 3.57. The molecule has 1 amide bonds. The smallest absolute Gasteiger partial charge is 0.241 e. The predicted octanol–water partition coefficient (Wildman–Crippen LogP) is 3.87. The minimum absolute atomic E-state index is 0.114. The topological polar surface area (TPSA) is 122 Å². The molecule has 1 saturated heterocycles. The number of amides is 1. The number of nitrogens with zero attached hydrogens (tertiary/aromatic N) is 4. The van der Waals surface area contributed by atoms with Gasteiger partial charge in [-0.1, -0.05) is 41.6 Å². The summed E-state index contributed by atoms with van der Waals surface area (Å²) in [6.45, 7) is 5.94. The zero-order chi connectivity index (χ0) is 28.4. The van der Waals surface area contributed by atoms with Gasteiger partial charge in [-0.05, 0) is 42.3 Å². The third kappa shape index (κ3) is 5.86. The Balaban J connectivity index is 1.23. The van der Waals surface area contributed by atoms with Crippen molar-refractivity contribution in [3.8, 4) is 11.1 Å². The first-order valence-corrected chi connectivity index (χ1v) is 15.1. The number of benzene rings is 2. The van der Waals surface area contributed by atoms with E-state index < -0.39 is 21.5 Å². The Kier molecular flexibility index (Phi) is 7.29. The summed E-state index contributed by atoms with van der Waals surface area (Å²) in [7, 11) is -3.94. The lowest BCUT2D eigenvalue weighted by molar-refractivity contribution is -0.113. The Morgan fingerprint density at radius 3 is 2.61 bits per heavy atom. The molecule has 0 bridgehead atoms. The van der Waals surface area contributed by atoms with E-state index in [1.807, 2.05) is 41.1 Å². The number of aryl methyl sites for hydroxylation is 1. The number of anilines is 2. The first-order valence-electron chi connectivity index (χ1n) is 13.4. The second-order valence-corrected chi connectivity index (χ2v) is 12.1. The third-order valence-electron chi connectivity index (χ3n) is 7.11. The Labute approximate surface area is 237 Å². The van der Waals surface area contributed by atoms with Crippen molar-refractivity contribution in [2.75, 3.05) is 42.1 Å². The monoisotopic (exact) mass is 570 g/mol. The Morgan fingerprint density at radius 1 is 1.02 bits per heavy atom. The molecule has 0 spiro atoms. The summed E-state index contributed by atoms with van der Waals surface area (Å²) in [5.74, 6) is 0.278. The summed E-state index contributed by atoms with van der Waals surface area (Å²) in [5, 5.41) is 10.1. The first kappa shape index (κ1) is 26.7. The molecular weight excluding hydrogens is 540 g/mol. The number of nitrogens with one attached hydrogen (secondary N) is 2. The summed E-state index contributed by atoms with van der Waals surface area (Å²) in [6.07, 6.45) is 3.52. The molecule has 6 rings (SSSR count).